The molecule has 0 unspecified atom stereocenters. The van der Waals surface area contributed by atoms with E-state index in [0.29, 0.717) is 12.2 Å². The average Bonchev–Trinajstić information content (AvgIpc) is 2.40. The molecule has 118 valence electrons. The molecule has 0 saturated heterocycles. The predicted molar refractivity (Wildman–Crippen MR) is 82.0 cm³/mol. The summed E-state index contributed by atoms with van der Waals surface area (Å²) in [5, 5.41) is 0. The molecule has 6 nitrogen and oxygen atoms in total. The summed E-state index contributed by atoms with van der Waals surface area (Å²) in [6.07, 6.45) is 0. The minimum Gasteiger partial charge on any atom is -0.494 e. The van der Waals surface area contributed by atoms with Gasteiger partial charge in [-0.1, -0.05) is 0 Å². The second-order valence-corrected chi connectivity index (χ2v) is 6.87. The third kappa shape index (κ3) is 4.52. The lowest BCUT2D eigenvalue weighted by molar-refractivity contribution is 0.0996. The Kier molecular flexibility index (Phi) is 5.88. The zero-order valence-electron chi connectivity index (χ0n) is 13.1. The molecule has 1 aromatic rings. The Morgan fingerprint density at radius 3 is 2.38 bits per heavy atom. The van der Waals surface area contributed by atoms with E-state index < -0.39 is 10.2 Å². The highest BCUT2D eigenvalue weighted by molar-refractivity contribution is 7.87. The number of nitrogens with one attached hydrogen (secondary N) is 1. The molecular weight excluding hydrogens is 292 g/mol. The minimum atomic E-state index is -3.60. The van der Waals surface area contributed by atoms with Crippen molar-refractivity contribution in [1.29, 1.82) is 0 Å². The van der Waals surface area contributed by atoms with Crippen LogP contribution in [-0.2, 0) is 10.2 Å². The number of ketones is 1. The van der Waals surface area contributed by atoms with Crippen LogP contribution in [0.5, 0.6) is 5.75 Å². The Labute approximate surface area is 126 Å². The molecule has 0 atom stereocenters. The monoisotopic (exact) mass is 314 g/mol. The Bertz CT molecular complexity index is 624. The lowest BCUT2D eigenvalue weighted by Gasteiger charge is -2.14. The van der Waals surface area contributed by atoms with Crippen molar-refractivity contribution < 1.29 is 17.9 Å². The Hall–Kier alpha value is -1.44. The van der Waals surface area contributed by atoms with E-state index in [1.165, 1.54) is 14.1 Å². The highest BCUT2D eigenvalue weighted by Gasteiger charge is 2.17. The molecule has 0 spiro atoms. The fourth-order valence-electron chi connectivity index (χ4n) is 1.78. The van der Waals surface area contributed by atoms with Crippen molar-refractivity contribution >= 4 is 16.0 Å². The van der Waals surface area contributed by atoms with Crippen LogP contribution in [0.15, 0.2) is 12.1 Å². The summed E-state index contributed by atoms with van der Waals surface area (Å²) in [4.78, 5) is 12.2. The molecule has 0 fully saturated rings. The molecule has 1 aromatic carbocycles. The molecule has 0 aliphatic carbocycles. The molecule has 7 heteroatoms. The van der Waals surface area contributed by atoms with Crippen LogP contribution in [0.2, 0.25) is 0 Å². The maximum atomic E-state index is 12.2. The number of carbonyl (C=O) groups is 1. The van der Waals surface area contributed by atoms with Crippen molar-refractivity contribution in [2.45, 2.75) is 20.8 Å². The average molecular weight is 314 g/mol. The fourth-order valence-corrected chi connectivity index (χ4v) is 2.35. The topological polar surface area (TPSA) is 75.7 Å². The minimum absolute atomic E-state index is 0.269. The van der Waals surface area contributed by atoms with Crippen LogP contribution >= 0.6 is 0 Å². The summed E-state index contributed by atoms with van der Waals surface area (Å²) in [6.45, 7) is 5.83. The number of carbonyl (C=O) groups excluding carboxylic acids is 1. The first-order chi connectivity index (χ1) is 9.69. The van der Waals surface area contributed by atoms with Gasteiger partial charge >= 0.3 is 0 Å². The normalized spacial score (nSPS) is 11.7. The van der Waals surface area contributed by atoms with Crippen LogP contribution in [-0.4, -0.2) is 45.8 Å². The molecule has 0 saturated carbocycles. The van der Waals surface area contributed by atoms with Gasteiger partial charge in [-0.25, -0.2) is 0 Å². The predicted octanol–water partition coefficient (Wildman–Crippen LogP) is 1.28. The van der Waals surface area contributed by atoms with Crippen molar-refractivity contribution in [3.8, 4) is 5.75 Å². The molecular formula is C14H22N2O4S. The third-order valence-corrected chi connectivity index (χ3v) is 4.49. The van der Waals surface area contributed by atoms with Gasteiger partial charge in [-0.15, -0.1) is 0 Å². The van der Waals surface area contributed by atoms with E-state index in [9.17, 15) is 13.2 Å². The number of ether oxygens (including phenoxy) is 1. The number of hydrogen-bond acceptors (Lipinski definition) is 4. The zero-order valence-corrected chi connectivity index (χ0v) is 13.9. The second-order valence-electron chi connectivity index (χ2n) is 4.90. The van der Waals surface area contributed by atoms with Crippen LogP contribution in [0, 0.1) is 13.8 Å². The van der Waals surface area contributed by atoms with E-state index in [1.54, 1.807) is 19.1 Å². The van der Waals surface area contributed by atoms with Gasteiger partial charge in [0.15, 0.2) is 5.78 Å². The molecule has 0 aliphatic heterocycles. The first-order valence-corrected chi connectivity index (χ1v) is 8.07. The molecule has 0 heterocycles. The second kappa shape index (κ2) is 7.02. The molecule has 0 radical (unpaired) electrons. The summed E-state index contributed by atoms with van der Waals surface area (Å²) in [5.74, 6) is 0.462. The molecule has 0 aliphatic rings. The van der Waals surface area contributed by atoms with Crippen LogP contribution in [0.25, 0.3) is 0 Å². The lowest BCUT2D eigenvalue weighted by Crippen LogP contribution is -2.38. The largest absolute Gasteiger partial charge is 0.494 e. The maximum absolute atomic E-state index is 12.2. The Morgan fingerprint density at radius 1 is 1.24 bits per heavy atom. The quantitative estimate of drug-likeness (QED) is 0.769. The van der Waals surface area contributed by atoms with Crippen LogP contribution < -0.4 is 9.46 Å². The van der Waals surface area contributed by atoms with E-state index in [0.717, 1.165) is 21.2 Å². The SMILES string of the molecule is CCOc1cc(C)c(C(=O)CNS(=O)(=O)N(C)C)cc1C. The first kappa shape index (κ1) is 17.6. The Balaban J connectivity index is 2.91. The fraction of sp³-hybridized carbons (Fsp3) is 0.500. The smallest absolute Gasteiger partial charge is 0.279 e. The summed E-state index contributed by atoms with van der Waals surface area (Å²) in [5.41, 5.74) is 2.11. The lowest BCUT2D eigenvalue weighted by atomic mass is 10.0. The number of nitrogens with zero attached hydrogens (tertiary/aromatic N) is 1. The van der Waals surface area contributed by atoms with Crippen molar-refractivity contribution in [3.05, 3.63) is 28.8 Å². The van der Waals surface area contributed by atoms with Gasteiger partial charge in [-0.3, -0.25) is 4.79 Å². The van der Waals surface area contributed by atoms with E-state index in [1.807, 2.05) is 13.8 Å². The standard InChI is InChI=1S/C14H22N2O4S/c1-6-20-14-8-10(2)12(7-11(14)3)13(17)9-15-21(18,19)16(4)5/h7-8,15H,6,9H2,1-5H3. The van der Waals surface area contributed by atoms with Crippen molar-refractivity contribution in [3.63, 3.8) is 0 Å². The highest BCUT2D eigenvalue weighted by atomic mass is 32.2. The van der Waals surface area contributed by atoms with Crippen LogP contribution in [0.3, 0.4) is 0 Å². The van der Waals surface area contributed by atoms with Crippen LogP contribution in [0.1, 0.15) is 28.4 Å². The number of rotatable bonds is 7. The molecule has 21 heavy (non-hydrogen) atoms. The number of benzene rings is 1. The number of aryl methyl sites for hydroxylation is 2. The third-order valence-electron chi connectivity index (χ3n) is 3.02. The molecule has 0 bridgehead atoms. The van der Waals surface area contributed by atoms with E-state index >= 15 is 0 Å². The summed E-state index contributed by atoms with van der Waals surface area (Å²) in [6, 6.07) is 3.53. The van der Waals surface area contributed by atoms with Gasteiger partial charge < -0.3 is 4.74 Å². The van der Waals surface area contributed by atoms with Crippen molar-refractivity contribution in [2.75, 3.05) is 27.2 Å². The highest BCUT2D eigenvalue weighted by Crippen LogP contribution is 2.23. The number of Topliss-reactive ketones (excluding diaryl/α,β-unsaturated/α-hetero) is 1. The van der Waals surface area contributed by atoms with Gasteiger partial charge in [-0.2, -0.15) is 17.4 Å². The van der Waals surface area contributed by atoms with Crippen LogP contribution in [0.4, 0.5) is 0 Å². The summed E-state index contributed by atoms with van der Waals surface area (Å²) >= 11 is 0. The van der Waals surface area contributed by atoms with E-state index in [-0.39, 0.29) is 12.3 Å². The maximum Gasteiger partial charge on any atom is 0.279 e. The van der Waals surface area contributed by atoms with Gasteiger partial charge in [0, 0.05) is 19.7 Å². The molecule has 1 rings (SSSR count). The van der Waals surface area contributed by atoms with Gasteiger partial charge in [0.25, 0.3) is 10.2 Å². The zero-order chi connectivity index (χ0) is 16.2. The van der Waals surface area contributed by atoms with Crippen molar-refractivity contribution in [2.24, 2.45) is 0 Å². The van der Waals surface area contributed by atoms with Crippen molar-refractivity contribution in [1.82, 2.24) is 9.03 Å². The Morgan fingerprint density at radius 2 is 1.86 bits per heavy atom. The first-order valence-electron chi connectivity index (χ1n) is 6.63. The van der Waals surface area contributed by atoms with Gasteiger partial charge in [0.05, 0.1) is 13.2 Å². The van der Waals surface area contributed by atoms with E-state index in [2.05, 4.69) is 4.72 Å². The van der Waals surface area contributed by atoms with Gasteiger partial charge in [-0.05, 0) is 44.0 Å². The van der Waals surface area contributed by atoms with Gasteiger partial charge in [0.2, 0.25) is 0 Å². The summed E-state index contributed by atoms with van der Waals surface area (Å²) < 4.78 is 32.0. The summed E-state index contributed by atoms with van der Waals surface area (Å²) in [7, 11) is -0.799. The van der Waals surface area contributed by atoms with Gasteiger partial charge in [0.1, 0.15) is 5.75 Å². The molecule has 1 N–H and O–H groups in total. The molecule has 0 amide bonds. The molecule has 0 aromatic heterocycles. The van der Waals surface area contributed by atoms with E-state index in [4.69, 9.17) is 4.74 Å². The number of hydrogen-bond donors (Lipinski definition) is 1.